The van der Waals surface area contributed by atoms with Gasteiger partial charge in [-0.3, -0.25) is 4.79 Å². The van der Waals surface area contributed by atoms with Crippen LogP contribution in [0.5, 0.6) is 0 Å². The molecule has 0 saturated heterocycles. The van der Waals surface area contributed by atoms with E-state index in [0.717, 1.165) is 5.56 Å². The maximum Gasteiger partial charge on any atom is 0.254 e. The predicted molar refractivity (Wildman–Crippen MR) is 72.5 cm³/mol. The minimum atomic E-state index is -0.165. The fourth-order valence-corrected chi connectivity index (χ4v) is 1.99. The Labute approximate surface area is 113 Å². The average Bonchev–Trinajstić information content (AvgIpc) is 2.34. The zero-order chi connectivity index (χ0) is 13.7. The summed E-state index contributed by atoms with van der Waals surface area (Å²) in [5, 5.41) is 9.44. The van der Waals surface area contributed by atoms with Gasteiger partial charge in [-0.2, -0.15) is 5.26 Å². The molecule has 96 valence electrons. The third-order valence-corrected chi connectivity index (χ3v) is 3.04. The van der Waals surface area contributed by atoms with Crippen LogP contribution in [0, 0.1) is 24.2 Å². The van der Waals surface area contributed by atoms with E-state index in [-0.39, 0.29) is 11.8 Å². The highest BCUT2D eigenvalue weighted by molar-refractivity contribution is 6.30. The van der Waals surface area contributed by atoms with Crippen LogP contribution in [-0.2, 0) is 0 Å². The summed E-state index contributed by atoms with van der Waals surface area (Å²) in [6.45, 7) is 6.62. The van der Waals surface area contributed by atoms with Crippen LogP contribution < -0.4 is 0 Å². The van der Waals surface area contributed by atoms with Crippen molar-refractivity contribution >= 4 is 17.5 Å². The highest BCUT2D eigenvalue weighted by Crippen LogP contribution is 2.17. The second kappa shape index (κ2) is 6.42. The van der Waals surface area contributed by atoms with E-state index in [9.17, 15) is 4.79 Å². The summed E-state index contributed by atoms with van der Waals surface area (Å²) in [6, 6.07) is 7.37. The van der Waals surface area contributed by atoms with Gasteiger partial charge in [0.25, 0.3) is 5.91 Å². The first-order valence-electron chi connectivity index (χ1n) is 5.94. The maximum absolute atomic E-state index is 12.3. The van der Waals surface area contributed by atoms with Crippen LogP contribution in [-0.4, -0.2) is 23.9 Å². The number of benzene rings is 1. The molecule has 1 aromatic rings. The maximum atomic E-state index is 12.3. The Morgan fingerprint density at radius 1 is 1.56 bits per heavy atom. The molecule has 1 unspecified atom stereocenters. The van der Waals surface area contributed by atoms with Crippen LogP contribution in [0.4, 0.5) is 0 Å². The molecule has 1 rings (SSSR count). The first kappa shape index (κ1) is 14.5. The molecule has 1 aromatic carbocycles. The largest absolute Gasteiger partial charge is 0.338 e. The summed E-state index contributed by atoms with van der Waals surface area (Å²) >= 11 is 5.87. The summed E-state index contributed by atoms with van der Waals surface area (Å²) in [5.74, 6) is -0.213. The van der Waals surface area contributed by atoms with Crippen LogP contribution in [0.25, 0.3) is 0 Å². The summed E-state index contributed by atoms with van der Waals surface area (Å²) in [6.07, 6.45) is 0. The van der Waals surface area contributed by atoms with Crippen molar-refractivity contribution in [1.29, 1.82) is 5.26 Å². The van der Waals surface area contributed by atoms with E-state index in [2.05, 4.69) is 6.07 Å². The normalized spacial score (nSPS) is 11.7. The fourth-order valence-electron chi connectivity index (χ4n) is 1.76. The Morgan fingerprint density at radius 3 is 2.72 bits per heavy atom. The highest BCUT2D eigenvalue weighted by atomic mass is 35.5. The molecule has 0 N–H and O–H groups in total. The van der Waals surface area contributed by atoms with E-state index in [1.165, 1.54) is 0 Å². The summed E-state index contributed by atoms with van der Waals surface area (Å²) in [5.41, 5.74) is 1.50. The number of amides is 1. The molecule has 0 saturated carbocycles. The second-order valence-corrected chi connectivity index (χ2v) is 4.77. The van der Waals surface area contributed by atoms with Gasteiger partial charge in [-0.1, -0.05) is 11.6 Å². The van der Waals surface area contributed by atoms with Crippen molar-refractivity contribution in [1.82, 2.24) is 4.90 Å². The molecule has 0 radical (unpaired) electrons. The van der Waals surface area contributed by atoms with Crippen LogP contribution in [0.2, 0.25) is 5.02 Å². The monoisotopic (exact) mass is 264 g/mol. The van der Waals surface area contributed by atoms with Crippen LogP contribution in [0.3, 0.4) is 0 Å². The highest BCUT2D eigenvalue weighted by Gasteiger charge is 2.18. The van der Waals surface area contributed by atoms with Gasteiger partial charge >= 0.3 is 0 Å². The van der Waals surface area contributed by atoms with Crippen molar-refractivity contribution in [3.05, 3.63) is 34.3 Å². The Kier molecular flexibility index (Phi) is 5.18. The lowest BCUT2D eigenvalue weighted by atomic mass is 10.1. The molecule has 3 nitrogen and oxygen atoms in total. The molecule has 1 atom stereocenters. The van der Waals surface area contributed by atoms with Crippen molar-refractivity contribution in [3.8, 4) is 6.07 Å². The number of nitrogens with zero attached hydrogens (tertiary/aromatic N) is 2. The molecular formula is C14H17ClN2O. The van der Waals surface area contributed by atoms with Crippen LogP contribution in [0.1, 0.15) is 29.8 Å². The van der Waals surface area contributed by atoms with Gasteiger partial charge in [-0.15, -0.1) is 0 Å². The van der Waals surface area contributed by atoms with Gasteiger partial charge in [0.15, 0.2) is 0 Å². The van der Waals surface area contributed by atoms with Crippen LogP contribution in [0.15, 0.2) is 18.2 Å². The van der Waals surface area contributed by atoms with Gasteiger partial charge in [0.1, 0.15) is 0 Å². The zero-order valence-electron chi connectivity index (χ0n) is 10.9. The third kappa shape index (κ3) is 3.48. The van der Waals surface area contributed by atoms with Gasteiger partial charge in [-0.05, 0) is 44.5 Å². The molecule has 1 amide bonds. The van der Waals surface area contributed by atoms with Crippen LogP contribution >= 0.6 is 11.6 Å². The summed E-state index contributed by atoms with van der Waals surface area (Å²) in [4.78, 5) is 14.0. The molecule has 0 heterocycles. The lowest BCUT2D eigenvalue weighted by molar-refractivity contribution is 0.0752. The summed E-state index contributed by atoms with van der Waals surface area (Å²) in [7, 11) is 0. The van der Waals surface area contributed by atoms with E-state index >= 15 is 0 Å². The molecular weight excluding hydrogens is 248 g/mol. The van der Waals surface area contributed by atoms with Gasteiger partial charge in [0.05, 0.1) is 12.0 Å². The lowest BCUT2D eigenvalue weighted by Gasteiger charge is -2.22. The Hall–Kier alpha value is -1.53. The van der Waals surface area contributed by atoms with E-state index in [4.69, 9.17) is 16.9 Å². The smallest absolute Gasteiger partial charge is 0.254 e. The summed E-state index contributed by atoms with van der Waals surface area (Å²) < 4.78 is 0. The third-order valence-electron chi connectivity index (χ3n) is 2.80. The second-order valence-electron chi connectivity index (χ2n) is 4.33. The molecule has 0 aliphatic carbocycles. The van der Waals surface area contributed by atoms with Gasteiger partial charge in [-0.25, -0.2) is 0 Å². The Morgan fingerprint density at radius 2 is 2.22 bits per heavy atom. The number of hydrogen-bond acceptors (Lipinski definition) is 2. The van der Waals surface area contributed by atoms with E-state index in [0.29, 0.717) is 23.7 Å². The molecule has 0 fully saturated rings. The minimum Gasteiger partial charge on any atom is -0.338 e. The van der Waals surface area contributed by atoms with Crippen molar-refractivity contribution in [2.24, 2.45) is 5.92 Å². The Bertz CT molecular complexity index is 479. The van der Waals surface area contributed by atoms with E-state index < -0.39 is 0 Å². The average molecular weight is 265 g/mol. The number of carbonyl (C=O) groups is 1. The predicted octanol–water partition coefficient (Wildman–Crippen LogP) is 3.27. The van der Waals surface area contributed by atoms with Gasteiger partial charge in [0.2, 0.25) is 0 Å². The van der Waals surface area contributed by atoms with E-state index in [1.54, 1.807) is 23.1 Å². The van der Waals surface area contributed by atoms with Crippen molar-refractivity contribution in [2.45, 2.75) is 20.8 Å². The number of halogens is 1. The number of aryl methyl sites for hydroxylation is 1. The number of nitriles is 1. The molecule has 0 aromatic heterocycles. The molecule has 0 aliphatic rings. The number of carbonyl (C=O) groups excluding carboxylic acids is 1. The topological polar surface area (TPSA) is 44.1 Å². The quantitative estimate of drug-likeness (QED) is 0.838. The molecule has 0 aliphatic heterocycles. The molecule has 18 heavy (non-hydrogen) atoms. The number of rotatable bonds is 4. The van der Waals surface area contributed by atoms with Crippen molar-refractivity contribution in [3.63, 3.8) is 0 Å². The Balaban J connectivity index is 2.94. The number of hydrogen-bond donors (Lipinski definition) is 0. The van der Waals surface area contributed by atoms with E-state index in [1.807, 2.05) is 20.8 Å². The van der Waals surface area contributed by atoms with Gasteiger partial charge < -0.3 is 4.90 Å². The minimum absolute atomic E-state index is 0.0474. The zero-order valence-corrected chi connectivity index (χ0v) is 11.7. The fraction of sp³-hybridized carbons (Fsp3) is 0.429. The SMILES string of the molecule is CCN(CC(C)C#N)C(=O)c1ccc(Cl)cc1C. The van der Waals surface area contributed by atoms with Crippen molar-refractivity contribution < 1.29 is 4.79 Å². The lowest BCUT2D eigenvalue weighted by Crippen LogP contribution is -2.34. The first-order valence-corrected chi connectivity index (χ1v) is 6.32. The molecule has 0 spiro atoms. The van der Waals surface area contributed by atoms with Gasteiger partial charge in [0, 0.05) is 23.7 Å². The first-order chi connectivity index (χ1) is 8.49. The standard InChI is InChI=1S/C14H17ClN2O/c1-4-17(9-10(2)8-16)14(18)13-6-5-12(15)7-11(13)3/h5-7,10H,4,9H2,1-3H3. The van der Waals surface area contributed by atoms with Crippen molar-refractivity contribution in [2.75, 3.05) is 13.1 Å². The molecule has 0 bridgehead atoms. The molecule has 4 heteroatoms.